The van der Waals surface area contributed by atoms with Crippen LogP contribution in [0.15, 0.2) is 54.6 Å². The zero-order valence-corrected chi connectivity index (χ0v) is 25.6. The van der Waals surface area contributed by atoms with Gasteiger partial charge in [0.25, 0.3) is 11.8 Å². The van der Waals surface area contributed by atoms with Gasteiger partial charge in [-0.1, -0.05) is 30.3 Å². The van der Waals surface area contributed by atoms with E-state index in [1.54, 1.807) is 37.3 Å². The van der Waals surface area contributed by atoms with Crippen LogP contribution in [0.25, 0.3) is 5.69 Å². The van der Waals surface area contributed by atoms with Crippen molar-refractivity contribution < 1.29 is 31.9 Å². The van der Waals surface area contributed by atoms with Gasteiger partial charge in [-0.2, -0.15) is 23.5 Å². The van der Waals surface area contributed by atoms with E-state index in [1.807, 2.05) is 0 Å². The number of nitrogens with zero attached hydrogens (tertiary/aromatic N) is 6. The summed E-state index contributed by atoms with van der Waals surface area (Å²) in [4.78, 5) is 46.2. The highest BCUT2D eigenvalue weighted by molar-refractivity contribution is 6.06. The molecule has 1 aromatic heterocycles. The van der Waals surface area contributed by atoms with Crippen molar-refractivity contribution in [3.8, 4) is 11.8 Å². The summed E-state index contributed by atoms with van der Waals surface area (Å²) in [6.45, 7) is 1.65. The normalized spacial score (nSPS) is 23.0. The number of hydrogen-bond acceptors (Lipinski definition) is 5. The molecule has 2 fully saturated rings. The Balaban J connectivity index is 1.52. The molecule has 2 saturated heterocycles. The first-order valence-corrected chi connectivity index (χ1v) is 15.6. The number of benzene rings is 2. The predicted octanol–water partition coefficient (Wildman–Crippen LogP) is 4.99. The number of nitrogens with one attached hydrogen (secondary N) is 1. The van der Waals surface area contributed by atoms with Gasteiger partial charge in [0.15, 0.2) is 5.69 Å². The number of rotatable bonds is 5. The molecule has 0 unspecified atom stereocenters. The van der Waals surface area contributed by atoms with Crippen molar-refractivity contribution in [3.05, 3.63) is 77.2 Å². The number of piperidine rings is 1. The zero-order chi connectivity index (χ0) is 33.5. The van der Waals surface area contributed by atoms with Crippen LogP contribution < -0.4 is 10.2 Å². The van der Waals surface area contributed by atoms with Gasteiger partial charge in [0.2, 0.25) is 0 Å². The lowest BCUT2D eigenvalue weighted by Gasteiger charge is -2.40. The average molecular weight is 652 g/mol. The van der Waals surface area contributed by atoms with Gasteiger partial charge >= 0.3 is 12.2 Å². The molecule has 6 rings (SSSR count). The molecule has 2 aromatic carbocycles. The maximum Gasteiger partial charge on any atom is 0.393 e. The topological polar surface area (TPSA) is 115 Å². The van der Waals surface area contributed by atoms with E-state index in [0.717, 1.165) is 4.90 Å². The second-order valence-electron chi connectivity index (χ2n) is 12.0. The second-order valence-corrected chi connectivity index (χ2v) is 12.0. The van der Waals surface area contributed by atoms with Crippen LogP contribution in [-0.4, -0.2) is 81.9 Å². The predicted molar refractivity (Wildman–Crippen MR) is 162 cm³/mol. The van der Waals surface area contributed by atoms with E-state index in [2.05, 4.69) is 11.4 Å². The molecule has 0 bridgehead atoms. The van der Waals surface area contributed by atoms with Gasteiger partial charge in [0.1, 0.15) is 23.7 Å². The first-order valence-electron chi connectivity index (χ1n) is 15.6. The van der Waals surface area contributed by atoms with Crippen molar-refractivity contribution in [2.45, 2.75) is 56.8 Å². The number of urea groups is 1. The molecule has 1 N–H and O–H groups in total. The lowest BCUT2D eigenvalue weighted by molar-refractivity contribution is -0.184. The SMILES string of the molecule is CCN1C(=O)[C@@H](NC(=O)N2CCC[C@H](C(F)(F)F)C2)[C@@H](c2ccc(F)cc2)c2c(C(=O)N3CCC[C@H]3C#N)nn(-c3ccccc3)c21. The smallest absolute Gasteiger partial charge is 0.325 e. The van der Waals surface area contributed by atoms with E-state index in [-0.39, 0.29) is 43.0 Å². The van der Waals surface area contributed by atoms with Crippen molar-refractivity contribution in [2.75, 3.05) is 31.1 Å². The molecule has 47 heavy (non-hydrogen) atoms. The largest absolute Gasteiger partial charge is 0.393 e. The molecule has 3 aromatic rings. The van der Waals surface area contributed by atoms with Crippen LogP contribution in [0.1, 0.15) is 60.1 Å². The molecular formula is C33H33F4N7O3. The molecule has 0 radical (unpaired) electrons. The van der Waals surface area contributed by atoms with Crippen LogP contribution >= 0.6 is 0 Å². The summed E-state index contributed by atoms with van der Waals surface area (Å²) in [7, 11) is 0. The minimum absolute atomic E-state index is 0.0411. The first-order chi connectivity index (χ1) is 22.5. The number of fused-ring (bicyclic) bond motifs is 1. The summed E-state index contributed by atoms with van der Waals surface area (Å²) in [6, 6.07) is 13.4. The zero-order valence-electron chi connectivity index (χ0n) is 25.6. The lowest BCUT2D eigenvalue weighted by Crippen LogP contribution is -2.59. The van der Waals surface area contributed by atoms with Gasteiger partial charge in [-0.3, -0.25) is 14.5 Å². The number of carbonyl (C=O) groups is 3. The monoisotopic (exact) mass is 651 g/mol. The Bertz CT molecular complexity index is 1700. The second kappa shape index (κ2) is 12.7. The quantitative estimate of drug-likeness (QED) is 0.391. The summed E-state index contributed by atoms with van der Waals surface area (Å²) in [6.07, 6.45) is -3.35. The van der Waals surface area contributed by atoms with Gasteiger partial charge in [0, 0.05) is 37.7 Å². The molecule has 14 heteroatoms. The fourth-order valence-electron chi connectivity index (χ4n) is 6.87. The molecule has 4 amide bonds. The number of likely N-dealkylation sites (N-methyl/N-ethyl adjacent to an activating group) is 1. The molecule has 0 aliphatic carbocycles. The molecule has 4 atom stereocenters. The van der Waals surface area contributed by atoms with Gasteiger partial charge in [-0.25, -0.2) is 13.9 Å². The molecule has 0 spiro atoms. The van der Waals surface area contributed by atoms with Gasteiger partial charge < -0.3 is 15.1 Å². The van der Waals surface area contributed by atoms with E-state index < -0.39 is 60.3 Å². The maximum absolute atomic E-state index is 14.4. The van der Waals surface area contributed by atoms with Gasteiger partial charge in [-0.15, -0.1) is 0 Å². The maximum atomic E-state index is 14.4. The number of likely N-dealkylation sites (tertiary alicyclic amines) is 2. The number of aromatic nitrogens is 2. The Morgan fingerprint density at radius 1 is 1.04 bits per heavy atom. The fourth-order valence-corrected chi connectivity index (χ4v) is 6.87. The van der Waals surface area contributed by atoms with Gasteiger partial charge in [0.05, 0.1) is 17.7 Å². The van der Waals surface area contributed by atoms with Crippen LogP contribution in [0.4, 0.5) is 28.2 Å². The van der Waals surface area contributed by atoms with Crippen molar-refractivity contribution in [1.82, 2.24) is 24.9 Å². The Morgan fingerprint density at radius 3 is 2.40 bits per heavy atom. The Labute approximate surface area is 268 Å². The lowest BCUT2D eigenvalue weighted by atomic mass is 9.80. The van der Waals surface area contributed by atoms with Crippen molar-refractivity contribution >= 4 is 23.7 Å². The highest BCUT2D eigenvalue weighted by Crippen LogP contribution is 2.44. The molecule has 3 aliphatic rings. The highest BCUT2D eigenvalue weighted by atomic mass is 19.4. The minimum atomic E-state index is -4.48. The summed E-state index contributed by atoms with van der Waals surface area (Å²) in [5.41, 5.74) is 1.17. The van der Waals surface area contributed by atoms with Crippen molar-refractivity contribution in [1.29, 1.82) is 5.26 Å². The number of para-hydroxylation sites is 1. The summed E-state index contributed by atoms with van der Waals surface area (Å²) in [5.74, 6) is -4.16. The molecule has 10 nitrogen and oxygen atoms in total. The average Bonchev–Trinajstić information content (AvgIpc) is 3.71. The highest BCUT2D eigenvalue weighted by Gasteiger charge is 2.49. The number of amides is 4. The van der Waals surface area contributed by atoms with Crippen molar-refractivity contribution in [2.24, 2.45) is 5.92 Å². The molecule has 246 valence electrons. The standard InChI is InChI=1S/C33H33F4N7O3/c1-2-42-29-26(28(31(46)43-17-7-11-24(43)18-38)40-44(29)23-9-4-3-5-10-23)25(20-12-14-22(34)15-13-20)27(30(42)45)39-32(47)41-16-6-8-21(19-41)33(35,36)37/h3-5,9-10,12-15,21,24-25,27H,2,6-8,11,16-17,19H2,1H3,(H,39,47)/t21-,24-,25-,27-/m0/s1. The third-order valence-corrected chi connectivity index (χ3v) is 9.19. The Hall–Kier alpha value is -4.93. The number of carbonyl (C=O) groups excluding carboxylic acids is 3. The van der Waals surface area contributed by atoms with Crippen LogP contribution in [0, 0.1) is 23.1 Å². The van der Waals surface area contributed by atoms with E-state index in [1.165, 1.54) is 38.7 Å². The van der Waals surface area contributed by atoms with E-state index in [9.17, 15) is 37.2 Å². The van der Waals surface area contributed by atoms with Crippen LogP contribution in [0.3, 0.4) is 0 Å². The number of nitriles is 1. The number of alkyl halides is 3. The van der Waals surface area contributed by atoms with E-state index in [4.69, 9.17) is 5.10 Å². The third-order valence-electron chi connectivity index (χ3n) is 9.19. The first kappa shape index (κ1) is 32.0. The molecule has 3 aliphatic heterocycles. The third kappa shape index (κ3) is 5.90. The van der Waals surface area contributed by atoms with Crippen molar-refractivity contribution in [3.63, 3.8) is 0 Å². The molecule has 4 heterocycles. The summed E-state index contributed by atoms with van der Waals surface area (Å²) >= 11 is 0. The molecule has 0 saturated carbocycles. The van der Waals surface area contributed by atoms with Gasteiger partial charge in [-0.05, 0) is 62.4 Å². The molecular weight excluding hydrogens is 618 g/mol. The van der Waals surface area contributed by atoms with Crippen LogP contribution in [-0.2, 0) is 4.79 Å². The summed E-state index contributed by atoms with van der Waals surface area (Å²) in [5, 5.41) is 17.2. The summed E-state index contributed by atoms with van der Waals surface area (Å²) < 4.78 is 56.5. The minimum Gasteiger partial charge on any atom is -0.325 e. The van der Waals surface area contributed by atoms with Crippen LogP contribution in [0.2, 0.25) is 0 Å². The fraction of sp³-hybridized carbons (Fsp3) is 0.424. The number of anilines is 1. The number of halogens is 4. The number of hydrogen-bond donors (Lipinski definition) is 1. The van der Waals surface area contributed by atoms with Crippen LogP contribution in [0.5, 0.6) is 0 Å². The Morgan fingerprint density at radius 2 is 1.74 bits per heavy atom. The van der Waals surface area contributed by atoms with E-state index >= 15 is 0 Å². The van der Waals surface area contributed by atoms with E-state index in [0.29, 0.717) is 30.6 Å². The Kier molecular flexibility index (Phi) is 8.65.